The molecule has 1 saturated heterocycles. The van der Waals surface area contributed by atoms with Gasteiger partial charge in [-0.2, -0.15) is 0 Å². The highest BCUT2D eigenvalue weighted by Gasteiger charge is 2.39. The number of carbonyl (C=O) groups excluding carboxylic acids is 6. The Bertz CT molecular complexity index is 1710. The van der Waals surface area contributed by atoms with Crippen LogP contribution in [0.4, 0.5) is 5.69 Å². The van der Waals surface area contributed by atoms with Crippen LogP contribution in [0, 0.1) is 11.8 Å². The monoisotopic (exact) mass is 788 g/mol. The molecule has 1 saturated carbocycles. The summed E-state index contributed by atoms with van der Waals surface area (Å²) in [4.78, 5) is 87.5. The Hall–Kier alpha value is -5.67. The zero-order chi connectivity index (χ0) is 41.5. The van der Waals surface area contributed by atoms with Crippen LogP contribution in [0.25, 0.3) is 0 Å². The smallest absolute Gasteiger partial charge is 0.251 e. The van der Waals surface area contributed by atoms with Gasteiger partial charge in [-0.05, 0) is 86.6 Å². The van der Waals surface area contributed by atoms with Gasteiger partial charge in [0.25, 0.3) is 5.91 Å². The summed E-state index contributed by atoms with van der Waals surface area (Å²) < 4.78 is 0. The molecule has 0 radical (unpaired) electrons. The number of hydrogen-bond acceptors (Lipinski definition) is 8. The van der Waals surface area contributed by atoms with E-state index in [0.29, 0.717) is 49.9 Å². The number of nitrogens with zero attached hydrogens (tertiary/aromatic N) is 2. The Balaban J connectivity index is 1.59. The van der Waals surface area contributed by atoms with Crippen molar-refractivity contribution in [3.63, 3.8) is 0 Å². The summed E-state index contributed by atoms with van der Waals surface area (Å²) in [5, 5.41) is 11.6. The average Bonchev–Trinajstić information content (AvgIpc) is 3.69. The van der Waals surface area contributed by atoms with Gasteiger partial charge in [0.15, 0.2) is 5.96 Å². The minimum atomic E-state index is -1.13. The summed E-state index contributed by atoms with van der Waals surface area (Å²) in [6.45, 7) is 4.35. The van der Waals surface area contributed by atoms with Gasteiger partial charge in [0.2, 0.25) is 29.5 Å². The second-order valence-corrected chi connectivity index (χ2v) is 15.5. The molecule has 16 heteroatoms. The molecule has 0 aromatic heterocycles. The molecule has 2 aliphatic rings. The van der Waals surface area contributed by atoms with Gasteiger partial charge < -0.3 is 49.1 Å². The van der Waals surface area contributed by atoms with Gasteiger partial charge in [0.1, 0.15) is 30.2 Å². The highest BCUT2D eigenvalue weighted by molar-refractivity contribution is 5.99. The summed E-state index contributed by atoms with van der Waals surface area (Å²) >= 11 is 0. The van der Waals surface area contributed by atoms with Crippen molar-refractivity contribution in [2.45, 2.75) is 115 Å². The molecule has 5 atom stereocenters. The minimum absolute atomic E-state index is 0.00162. The molecule has 0 spiro atoms. The standard InChI is InChI=1S/C41H60N10O6/c1-25(2)23-32(40(57)51-22-10-16-33(51)35(43)52)49-37(54)30(15-9-21-46-41(44)45)47-39(56)34(27-11-5-3-6-12-27)50-38(55)31(24-26-17-19-29(42)20-18-26)48-36(53)28-13-7-4-8-14-28/h4,7-8,13-14,17-20,25,27,30-34H,3,5-6,9-12,15-16,21-24,42H2,1-2H3,(H2,43,52)(H,47,56)(H,48,53)(H,49,54)(H,50,55)(H4,44,45,46)/t30-,31-,32-,33-,34-/m0/s1. The first-order chi connectivity index (χ1) is 27.2. The fraction of sp³-hybridized carbons (Fsp3) is 0.537. The predicted octanol–water partition coefficient (Wildman–Crippen LogP) is 1.22. The molecule has 4 rings (SSSR count). The van der Waals surface area contributed by atoms with Gasteiger partial charge in [0, 0.05) is 30.8 Å². The van der Waals surface area contributed by atoms with Crippen LogP contribution in [0.5, 0.6) is 0 Å². The molecule has 12 N–H and O–H groups in total. The van der Waals surface area contributed by atoms with E-state index in [9.17, 15) is 28.8 Å². The van der Waals surface area contributed by atoms with Gasteiger partial charge in [0.05, 0.1) is 0 Å². The van der Waals surface area contributed by atoms with Gasteiger partial charge in [-0.3, -0.25) is 33.8 Å². The molecule has 1 aliphatic heterocycles. The summed E-state index contributed by atoms with van der Waals surface area (Å²) in [6.07, 6.45) is 5.91. The third-order valence-electron chi connectivity index (χ3n) is 10.5. The van der Waals surface area contributed by atoms with Gasteiger partial charge in [-0.15, -0.1) is 0 Å². The van der Waals surface area contributed by atoms with Crippen LogP contribution in [0.1, 0.15) is 94.0 Å². The fourth-order valence-electron chi connectivity index (χ4n) is 7.57. The SMILES string of the molecule is CC(C)C[C@H](NC(=O)[C@H](CCCN=C(N)N)NC(=O)[C@@H](NC(=O)[C@H](Cc1ccc(N)cc1)NC(=O)c1ccccc1)C1CCCCC1)C(=O)N1CCC[C@H]1C(N)=O. The summed E-state index contributed by atoms with van der Waals surface area (Å²) in [7, 11) is 0. The van der Waals surface area contributed by atoms with Crippen LogP contribution in [0.15, 0.2) is 59.6 Å². The Labute approximate surface area is 334 Å². The number of amides is 6. The van der Waals surface area contributed by atoms with Gasteiger partial charge in [-0.1, -0.05) is 63.4 Å². The van der Waals surface area contributed by atoms with E-state index in [2.05, 4.69) is 26.3 Å². The molecule has 2 aromatic carbocycles. The average molecular weight is 789 g/mol. The zero-order valence-corrected chi connectivity index (χ0v) is 33.1. The lowest BCUT2D eigenvalue weighted by Crippen LogP contribution is -2.60. The molecular formula is C41H60N10O6. The van der Waals surface area contributed by atoms with Crippen LogP contribution in [0.3, 0.4) is 0 Å². The second kappa shape index (κ2) is 21.6. The number of benzene rings is 2. The van der Waals surface area contributed by atoms with Crippen molar-refractivity contribution in [2.24, 2.45) is 34.0 Å². The molecule has 0 unspecified atom stereocenters. The number of aliphatic imine (C=N–C) groups is 1. The number of nitrogens with one attached hydrogen (secondary N) is 4. The minimum Gasteiger partial charge on any atom is -0.399 e. The van der Waals surface area contributed by atoms with Crippen LogP contribution in [-0.4, -0.2) is 89.6 Å². The molecule has 0 bridgehead atoms. The molecule has 2 aromatic rings. The molecule has 2 fully saturated rings. The van der Waals surface area contributed by atoms with E-state index in [1.54, 1.807) is 54.6 Å². The number of primary amides is 1. The first-order valence-corrected chi connectivity index (χ1v) is 20.0. The normalized spacial score (nSPS) is 17.7. The fourth-order valence-corrected chi connectivity index (χ4v) is 7.57. The highest BCUT2D eigenvalue weighted by Crippen LogP contribution is 2.27. The Kier molecular flexibility index (Phi) is 16.7. The van der Waals surface area contributed by atoms with Crippen molar-refractivity contribution in [3.05, 3.63) is 65.7 Å². The van der Waals surface area contributed by atoms with E-state index in [4.69, 9.17) is 22.9 Å². The van der Waals surface area contributed by atoms with Crippen molar-refractivity contribution >= 4 is 47.1 Å². The highest BCUT2D eigenvalue weighted by atomic mass is 16.2. The maximum atomic E-state index is 14.4. The van der Waals surface area contributed by atoms with E-state index in [1.807, 2.05) is 13.8 Å². The summed E-state index contributed by atoms with van der Waals surface area (Å²) in [5.74, 6) is -3.58. The predicted molar refractivity (Wildman–Crippen MR) is 218 cm³/mol. The first-order valence-electron chi connectivity index (χ1n) is 20.0. The Morgan fingerprint density at radius 2 is 1.40 bits per heavy atom. The van der Waals surface area contributed by atoms with Crippen molar-refractivity contribution < 1.29 is 28.8 Å². The zero-order valence-electron chi connectivity index (χ0n) is 33.1. The Morgan fingerprint density at radius 3 is 2.04 bits per heavy atom. The van der Waals surface area contributed by atoms with E-state index < -0.39 is 65.7 Å². The van der Waals surface area contributed by atoms with Crippen LogP contribution >= 0.6 is 0 Å². The topological polar surface area (TPSA) is 270 Å². The summed E-state index contributed by atoms with van der Waals surface area (Å²) in [5.41, 5.74) is 24.2. The lowest BCUT2D eigenvalue weighted by Gasteiger charge is -2.33. The van der Waals surface area contributed by atoms with Crippen molar-refractivity contribution in [2.75, 3.05) is 18.8 Å². The largest absolute Gasteiger partial charge is 0.399 e. The number of likely N-dealkylation sites (tertiary alicyclic amines) is 1. The molecule has 310 valence electrons. The summed E-state index contributed by atoms with van der Waals surface area (Å²) in [6, 6.07) is 10.5. The number of guanidine groups is 1. The second-order valence-electron chi connectivity index (χ2n) is 15.5. The number of nitrogens with two attached hydrogens (primary N) is 4. The van der Waals surface area contributed by atoms with E-state index in [-0.39, 0.29) is 43.6 Å². The number of rotatable bonds is 19. The molecular weight excluding hydrogens is 729 g/mol. The Morgan fingerprint density at radius 1 is 0.754 bits per heavy atom. The van der Waals surface area contributed by atoms with Gasteiger partial charge >= 0.3 is 0 Å². The molecule has 16 nitrogen and oxygen atoms in total. The maximum Gasteiger partial charge on any atom is 0.251 e. The molecule has 1 aliphatic carbocycles. The van der Waals surface area contributed by atoms with E-state index >= 15 is 0 Å². The molecule has 1 heterocycles. The van der Waals surface area contributed by atoms with Crippen LogP contribution in [0.2, 0.25) is 0 Å². The van der Waals surface area contributed by atoms with E-state index in [0.717, 1.165) is 24.8 Å². The number of nitrogen functional groups attached to an aromatic ring is 1. The number of hydrogen-bond donors (Lipinski definition) is 8. The first kappa shape index (κ1) is 44.0. The molecule has 6 amide bonds. The maximum absolute atomic E-state index is 14.4. The lowest BCUT2D eigenvalue weighted by molar-refractivity contribution is -0.141. The third kappa shape index (κ3) is 13.5. The van der Waals surface area contributed by atoms with Gasteiger partial charge in [-0.25, -0.2) is 0 Å². The van der Waals surface area contributed by atoms with E-state index in [1.165, 1.54) is 4.90 Å². The van der Waals surface area contributed by atoms with Crippen molar-refractivity contribution in [1.29, 1.82) is 0 Å². The van der Waals surface area contributed by atoms with Crippen molar-refractivity contribution in [3.8, 4) is 0 Å². The lowest BCUT2D eigenvalue weighted by atomic mass is 9.83. The number of anilines is 1. The van der Waals surface area contributed by atoms with Crippen molar-refractivity contribution in [1.82, 2.24) is 26.2 Å². The number of carbonyl (C=O) groups is 6. The third-order valence-corrected chi connectivity index (χ3v) is 10.5. The quantitative estimate of drug-likeness (QED) is 0.0440. The van der Waals surface area contributed by atoms with Crippen LogP contribution < -0.4 is 44.2 Å². The van der Waals surface area contributed by atoms with Crippen LogP contribution in [-0.2, 0) is 30.4 Å². The molecule has 57 heavy (non-hydrogen) atoms.